The molecule has 1 aromatic heterocycles. The summed E-state index contributed by atoms with van der Waals surface area (Å²) >= 11 is 1.63. The second-order valence-electron chi connectivity index (χ2n) is 5.42. The first-order chi connectivity index (χ1) is 9.56. The SMILES string of the molecule is Cc1ccccc1NP(C)(=O)c1nc2c(s1)CCCC2. The molecule has 106 valence electrons. The number of hydrogen-bond donors (Lipinski definition) is 1. The summed E-state index contributed by atoms with van der Waals surface area (Å²) < 4.78 is 13.8. The average Bonchev–Trinajstić information content (AvgIpc) is 2.86. The summed E-state index contributed by atoms with van der Waals surface area (Å²) in [6, 6.07) is 7.94. The molecule has 1 aliphatic rings. The van der Waals surface area contributed by atoms with Gasteiger partial charge in [0.1, 0.15) is 0 Å². The Morgan fingerprint density at radius 3 is 2.75 bits per heavy atom. The van der Waals surface area contributed by atoms with Gasteiger partial charge in [0.2, 0.25) is 7.29 Å². The Morgan fingerprint density at radius 1 is 1.25 bits per heavy atom. The largest absolute Gasteiger partial charge is 0.331 e. The lowest BCUT2D eigenvalue weighted by Crippen LogP contribution is -2.11. The Hall–Kier alpha value is -1.12. The molecule has 2 aromatic rings. The van der Waals surface area contributed by atoms with E-state index < -0.39 is 7.29 Å². The third-order valence-electron chi connectivity index (χ3n) is 3.68. The van der Waals surface area contributed by atoms with Crippen LogP contribution >= 0.6 is 18.6 Å². The van der Waals surface area contributed by atoms with Crippen molar-refractivity contribution in [2.45, 2.75) is 32.6 Å². The highest BCUT2D eigenvalue weighted by molar-refractivity contribution is 7.77. The summed E-state index contributed by atoms with van der Waals surface area (Å²) in [7, 11) is -2.64. The van der Waals surface area contributed by atoms with E-state index in [-0.39, 0.29) is 0 Å². The minimum absolute atomic E-state index is 0.771. The van der Waals surface area contributed by atoms with Gasteiger partial charge in [0.15, 0.2) is 4.75 Å². The second-order valence-corrected chi connectivity index (χ2v) is 9.31. The zero-order chi connectivity index (χ0) is 14.2. The fraction of sp³-hybridized carbons (Fsp3) is 0.400. The van der Waals surface area contributed by atoms with Crippen molar-refractivity contribution < 1.29 is 4.57 Å². The molecule has 1 aromatic carbocycles. The third kappa shape index (κ3) is 2.68. The summed E-state index contributed by atoms with van der Waals surface area (Å²) in [4.78, 5) is 5.97. The van der Waals surface area contributed by atoms with Gasteiger partial charge in [-0.1, -0.05) is 18.2 Å². The molecule has 1 heterocycles. The van der Waals surface area contributed by atoms with Gasteiger partial charge in [-0.3, -0.25) is 4.57 Å². The number of fused-ring (bicyclic) bond motifs is 1. The van der Waals surface area contributed by atoms with Gasteiger partial charge in [0.05, 0.1) is 5.69 Å². The zero-order valence-electron chi connectivity index (χ0n) is 11.8. The number of para-hydroxylation sites is 1. The maximum absolute atomic E-state index is 13.0. The number of nitrogens with one attached hydrogen (secondary N) is 1. The molecule has 0 saturated carbocycles. The van der Waals surface area contributed by atoms with Crippen molar-refractivity contribution >= 4 is 29.1 Å². The van der Waals surface area contributed by atoms with Crippen molar-refractivity contribution in [3.8, 4) is 0 Å². The van der Waals surface area contributed by atoms with E-state index >= 15 is 0 Å². The van der Waals surface area contributed by atoms with Gasteiger partial charge in [-0.2, -0.15) is 0 Å². The van der Waals surface area contributed by atoms with Crippen molar-refractivity contribution in [2.75, 3.05) is 11.8 Å². The molecular formula is C15H19N2OPS. The maximum Gasteiger partial charge on any atom is 0.223 e. The minimum atomic E-state index is -2.64. The van der Waals surface area contributed by atoms with Crippen LogP contribution in [0.4, 0.5) is 5.69 Å². The Kier molecular flexibility index (Phi) is 3.70. The summed E-state index contributed by atoms with van der Waals surface area (Å²) in [5.41, 5.74) is 3.22. The molecule has 1 aliphatic carbocycles. The smallest absolute Gasteiger partial charge is 0.223 e. The van der Waals surface area contributed by atoms with E-state index in [1.54, 1.807) is 18.0 Å². The number of hydrogen-bond acceptors (Lipinski definition) is 3. The lowest BCUT2D eigenvalue weighted by molar-refractivity contribution is 0.587. The van der Waals surface area contributed by atoms with Crippen LogP contribution in [0.2, 0.25) is 0 Å². The predicted octanol–water partition coefficient (Wildman–Crippen LogP) is 3.98. The monoisotopic (exact) mass is 306 g/mol. The molecule has 0 saturated heterocycles. The predicted molar refractivity (Wildman–Crippen MR) is 86.7 cm³/mol. The second kappa shape index (κ2) is 5.34. The molecule has 0 aliphatic heterocycles. The number of rotatable bonds is 3. The summed E-state index contributed by atoms with van der Waals surface area (Å²) in [6.45, 7) is 3.80. The van der Waals surface area contributed by atoms with Gasteiger partial charge in [-0.25, -0.2) is 4.98 Å². The highest BCUT2D eigenvalue weighted by Crippen LogP contribution is 2.43. The van der Waals surface area contributed by atoms with Crippen molar-refractivity contribution in [2.24, 2.45) is 0 Å². The highest BCUT2D eigenvalue weighted by Gasteiger charge is 2.26. The van der Waals surface area contributed by atoms with Gasteiger partial charge >= 0.3 is 0 Å². The normalized spacial score (nSPS) is 17.3. The first kappa shape index (κ1) is 13.8. The van der Waals surface area contributed by atoms with Crippen LogP contribution in [0.3, 0.4) is 0 Å². The van der Waals surface area contributed by atoms with Crippen LogP contribution < -0.4 is 9.84 Å². The van der Waals surface area contributed by atoms with Gasteiger partial charge in [0.25, 0.3) is 0 Å². The van der Waals surface area contributed by atoms with Crippen LogP contribution in [0.1, 0.15) is 29.0 Å². The van der Waals surface area contributed by atoms with Crippen molar-refractivity contribution in [1.82, 2.24) is 4.98 Å². The van der Waals surface area contributed by atoms with Crippen LogP contribution in [-0.2, 0) is 17.4 Å². The Morgan fingerprint density at radius 2 is 2.00 bits per heavy atom. The van der Waals surface area contributed by atoms with E-state index in [1.165, 1.54) is 23.4 Å². The fourth-order valence-corrected chi connectivity index (χ4v) is 5.67. The van der Waals surface area contributed by atoms with Crippen molar-refractivity contribution in [1.29, 1.82) is 0 Å². The molecule has 0 fully saturated rings. The molecular weight excluding hydrogens is 287 g/mol. The lowest BCUT2D eigenvalue weighted by atomic mass is 10.0. The number of aromatic nitrogens is 1. The molecule has 0 amide bonds. The number of nitrogens with zero attached hydrogens (tertiary/aromatic N) is 1. The number of aryl methyl sites for hydroxylation is 3. The van der Waals surface area contributed by atoms with Gasteiger partial charge in [-0.05, 0) is 44.2 Å². The van der Waals surface area contributed by atoms with Gasteiger partial charge < -0.3 is 5.09 Å². The van der Waals surface area contributed by atoms with E-state index in [4.69, 9.17) is 0 Å². The van der Waals surface area contributed by atoms with E-state index in [0.29, 0.717) is 0 Å². The Labute approximate surface area is 123 Å². The molecule has 1 N–H and O–H groups in total. The van der Waals surface area contributed by atoms with Gasteiger partial charge in [0, 0.05) is 17.2 Å². The molecule has 1 atom stereocenters. The lowest BCUT2D eigenvalue weighted by Gasteiger charge is -2.15. The Bertz CT molecular complexity index is 657. The van der Waals surface area contributed by atoms with Crippen molar-refractivity contribution in [3.63, 3.8) is 0 Å². The number of thiazole rings is 1. The number of anilines is 1. The Balaban J connectivity index is 1.90. The zero-order valence-corrected chi connectivity index (χ0v) is 13.6. The highest BCUT2D eigenvalue weighted by atomic mass is 32.1. The molecule has 3 rings (SSSR count). The first-order valence-electron chi connectivity index (χ1n) is 6.97. The first-order valence-corrected chi connectivity index (χ1v) is 9.94. The van der Waals surface area contributed by atoms with Crippen LogP contribution in [-0.4, -0.2) is 11.6 Å². The standard InChI is InChI=1S/C15H19N2OPS/c1-11-7-3-4-8-12(11)17-19(2,18)15-16-13-9-5-6-10-14(13)20-15/h3-4,7-8H,5-6,9-10H2,1-2H3,(H,17,18). The summed E-state index contributed by atoms with van der Waals surface area (Å²) in [5, 5.41) is 3.22. The van der Waals surface area contributed by atoms with E-state index in [2.05, 4.69) is 10.1 Å². The molecule has 20 heavy (non-hydrogen) atoms. The molecule has 5 heteroatoms. The minimum Gasteiger partial charge on any atom is -0.331 e. The molecule has 1 unspecified atom stereocenters. The molecule has 3 nitrogen and oxygen atoms in total. The van der Waals surface area contributed by atoms with E-state index in [9.17, 15) is 4.57 Å². The molecule has 0 radical (unpaired) electrons. The fourth-order valence-electron chi connectivity index (χ4n) is 2.50. The van der Waals surface area contributed by atoms with Crippen LogP contribution in [0, 0.1) is 6.92 Å². The van der Waals surface area contributed by atoms with Crippen LogP contribution in [0.25, 0.3) is 0 Å². The molecule has 0 spiro atoms. The molecule has 0 bridgehead atoms. The topological polar surface area (TPSA) is 42.0 Å². The quantitative estimate of drug-likeness (QED) is 0.872. The van der Waals surface area contributed by atoms with E-state index in [1.807, 2.05) is 31.2 Å². The number of benzene rings is 1. The summed E-state index contributed by atoms with van der Waals surface area (Å²) in [6.07, 6.45) is 4.57. The third-order valence-corrected chi connectivity index (χ3v) is 7.45. The average molecular weight is 306 g/mol. The van der Waals surface area contributed by atoms with Crippen molar-refractivity contribution in [3.05, 3.63) is 40.4 Å². The van der Waals surface area contributed by atoms with E-state index in [0.717, 1.165) is 28.8 Å². The maximum atomic E-state index is 13.0. The van der Waals surface area contributed by atoms with Crippen LogP contribution in [0.5, 0.6) is 0 Å². The summed E-state index contributed by atoms with van der Waals surface area (Å²) in [5.74, 6) is 0. The van der Waals surface area contributed by atoms with Gasteiger partial charge in [-0.15, -0.1) is 11.3 Å². The van der Waals surface area contributed by atoms with Crippen LogP contribution in [0.15, 0.2) is 24.3 Å².